The van der Waals surface area contributed by atoms with E-state index in [1.54, 1.807) is 0 Å². The monoisotopic (exact) mass is 379 g/mol. The molecule has 142 valence electrons. The predicted molar refractivity (Wildman–Crippen MR) is 117 cm³/mol. The van der Waals surface area contributed by atoms with Gasteiger partial charge >= 0.3 is 0 Å². The van der Waals surface area contributed by atoms with Gasteiger partial charge in [0.25, 0.3) is 0 Å². The smallest absolute Gasteiger partial charge is 0.162 e. The maximum absolute atomic E-state index is 5.73. The van der Waals surface area contributed by atoms with Crippen LogP contribution in [-0.4, -0.2) is 20.7 Å². The normalized spacial score (nSPS) is 11.4. The second-order valence-electron chi connectivity index (χ2n) is 7.39. The molecule has 4 nitrogen and oxygen atoms in total. The van der Waals surface area contributed by atoms with Crippen molar-refractivity contribution in [2.45, 2.75) is 20.0 Å². The van der Waals surface area contributed by atoms with Gasteiger partial charge in [0, 0.05) is 23.5 Å². The first-order valence-electron chi connectivity index (χ1n) is 9.78. The van der Waals surface area contributed by atoms with E-state index in [4.69, 9.17) is 9.72 Å². The van der Waals surface area contributed by atoms with E-state index < -0.39 is 0 Å². The highest BCUT2D eigenvalue weighted by Crippen LogP contribution is 2.31. The molecule has 0 atom stereocenters. The Morgan fingerprint density at radius 3 is 2.41 bits per heavy atom. The van der Waals surface area contributed by atoms with Crippen LogP contribution in [0.25, 0.3) is 38.7 Å². The van der Waals surface area contributed by atoms with Gasteiger partial charge in [-0.3, -0.25) is 0 Å². The fourth-order valence-corrected chi connectivity index (χ4v) is 3.67. The number of benzene rings is 3. The quantitative estimate of drug-likeness (QED) is 0.384. The summed E-state index contributed by atoms with van der Waals surface area (Å²) in [4.78, 5) is 4.74. The number of aromatic nitrogens is 3. The van der Waals surface area contributed by atoms with E-state index in [2.05, 4.69) is 59.7 Å². The zero-order valence-corrected chi connectivity index (χ0v) is 16.4. The second-order valence-corrected chi connectivity index (χ2v) is 7.39. The number of hydrogen-bond acceptors (Lipinski definition) is 3. The minimum absolute atomic E-state index is 0.162. The Hall–Kier alpha value is -3.66. The molecular weight excluding hydrogens is 358 g/mol. The molecule has 2 heterocycles. The van der Waals surface area contributed by atoms with E-state index >= 15 is 0 Å². The number of fused-ring (bicyclic) bond motifs is 2. The topological polar surface area (TPSA) is 39.4 Å². The molecule has 2 aromatic heterocycles. The summed E-state index contributed by atoms with van der Waals surface area (Å²) in [7, 11) is 0. The number of nitrogens with zero attached hydrogens (tertiary/aromatic N) is 3. The molecule has 0 amide bonds. The summed E-state index contributed by atoms with van der Waals surface area (Å²) in [5.41, 5.74) is 5.13. The van der Waals surface area contributed by atoms with Crippen LogP contribution >= 0.6 is 0 Å². The third-order valence-corrected chi connectivity index (χ3v) is 5.00. The molecule has 0 radical (unpaired) electrons. The van der Waals surface area contributed by atoms with Gasteiger partial charge in [-0.15, -0.1) is 0 Å². The Kier molecular flexibility index (Phi) is 4.24. The molecule has 0 unspecified atom stereocenters. The lowest BCUT2D eigenvalue weighted by Gasteiger charge is -2.10. The largest absolute Gasteiger partial charge is 0.491 e. The fraction of sp³-hybridized carbons (Fsp3) is 0.120. The first-order chi connectivity index (χ1) is 14.2. The molecule has 0 saturated heterocycles. The maximum atomic E-state index is 5.73. The average Bonchev–Trinajstić information content (AvgIpc) is 3.16. The van der Waals surface area contributed by atoms with E-state index in [1.165, 1.54) is 10.8 Å². The average molecular weight is 379 g/mol. The van der Waals surface area contributed by atoms with Gasteiger partial charge in [0.05, 0.1) is 12.3 Å². The molecule has 0 aliphatic carbocycles. The van der Waals surface area contributed by atoms with Gasteiger partial charge in [-0.05, 0) is 47.9 Å². The van der Waals surface area contributed by atoms with Crippen LogP contribution in [0.1, 0.15) is 13.8 Å². The first kappa shape index (κ1) is 17.4. The third-order valence-electron chi connectivity index (χ3n) is 5.00. The van der Waals surface area contributed by atoms with Crippen LogP contribution in [0.15, 0.2) is 85.3 Å². The first-order valence-corrected chi connectivity index (χ1v) is 9.78. The maximum Gasteiger partial charge on any atom is 0.162 e. The van der Waals surface area contributed by atoms with Crippen LogP contribution < -0.4 is 4.74 Å². The molecule has 0 N–H and O–H groups in total. The van der Waals surface area contributed by atoms with Gasteiger partial charge in [0.1, 0.15) is 5.75 Å². The molecule has 0 saturated carbocycles. The van der Waals surface area contributed by atoms with Crippen molar-refractivity contribution in [2.75, 3.05) is 0 Å². The van der Waals surface area contributed by atoms with Crippen molar-refractivity contribution in [3.63, 3.8) is 0 Å². The summed E-state index contributed by atoms with van der Waals surface area (Å²) in [6.45, 7) is 4.05. The van der Waals surface area contributed by atoms with Crippen molar-refractivity contribution < 1.29 is 4.74 Å². The van der Waals surface area contributed by atoms with Crippen molar-refractivity contribution in [1.82, 2.24) is 14.6 Å². The van der Waals surface area contributed by atoms with Crippen molar-refractivity contribution >= 4 is 16.4 Å². The van der Waals surface area contributed by atoms with Crippen molar-refractivity contribution in [3.05, 3.63) is 85.3 Å². The van der Waals surface area contributed by atoms with Crippen LogP contribution in [0, 0.1) is 0 Å². The Morgan fingerprint density at radius 2 is 1.59 bits per heavy atom. The van der Waals surface area contributed by atoms with E-state index in [0.29, 0.717) is 0 Å². The molecule has 4 heteroatoms. The van der Waals surface area contributed by atoms with E-state index in [9.17, 15) is 0 Å². The number of ether oxygens (including phenoxy) is 1. The molecule has 3 aromatic carbocycles. The van der Waals surface area contributed by atoms with Gasteiger partial charge in [0.2, 0.25) is 0 Å². The lowest BCUT2D eigenvalue weighted by atomic mass is 10.0. The van der Waals surface area contributed by atoms with Crippen LogP contribution in [0.5, 0.6) is 5.75 Å². The highest BCUT2D eigenvalue weighted by molar-refractivity contribution is 5.99. The van der Waals surface area contributed by atoms with Crippen LogP contribution in [0.2, 0.25) is 0 Å². The van der Waals surface area contributed by atoms with Crippen LogP contribution in [-0.2, 0) is 0 Å². The summed E-state index contributed by atoms with van der Waals surface area (Å²) < 4.78 is 7.58. The third kappa shape index (κ3) is 3.23. The molecule has 5 rings (SSSR count). The van der Waals surface area contributed by atoms with Gasteiger partial charge in [0.15, 0.2) is 5.65 Å². The lowest BCUT2D eigenvalue weighted by Crippen LogP contribution is -2.05. The van der Waals surface area contributed by atoms with Gasteiger partial charge in [-0.25, -0.2) is 9.50 Å². The molecule has 0 aliphatic rings. The van der Waals surface area contributed by atoms with E-state index in [-0.39, 0.29) is 6.10 Å². The Morgan fingerprint density at radius 1 is 0.793 bits per heavy atom. The van der Waals surface area contributed by atoms with Crippen molar-refractivity contribution in [3.8, 4) is 28.0 Å². The lowest BCUT2D eigenvalue weighted by molar-refractivity contribution is 0.242. The Bertz CT molecular complexity index is 1300. The minimum Gasteiger partial charge on any atom is -0.491 e. The molecule has 0 spiro atoms. The number of hydrogen-bond donors (Lipinski definition) is 0. The van der Waals surface area contributed by atoms with Gasteiger partial charge < -0.3 is 4.74 Å². The molecule has 0 fully saturated rings. The highest BCUT2D eigenvalue weighted by atomic mass is 16.5. The molecule has 0 aliphatic heterocycles. The zero-order valence-electron chi connectivity index (χ0n) is 16.4. The van der Waals surface area contributed by atoms with Crippen molar-refractivity contribution in [1.29, 1.82) is 0 Å². The van der Waals surface area contributed by atoms with Crippen LogP contribution in [0.3, 0.4) is 0 Å². The highest BCUT2D eigenvalue weighted by Gasteiger charge is 2.12. The predicted octanol–water partition coefficient (Wildman–Crippen LogP) is 6.00. The SMILES string of the molecule is CC(C)Oc1ccc(-c2cnc3c(-c4cccc5ccccc45)cnn3c2)cc1. The minimum atomic E-state index is 0.162. The van der Waals surface area contributed by atoms with Crippen molar-refractivity contribution in [2.24, 2.45) is 0 Å². The fourth-order valence-electron chi connectivity index (χ4n) is 3.67. The molecule has 0 bridgehead atoms. The van der Waals surface area contributed by atoms with E-state index in [0.717, 1.165) is 33.7 Å². The van der Waals surface area contributed by atoms with Gasteiger partial charge in [-0.2, -0.15) is 5.10 Å². The second kappa shape index (κ2) is 7.06. The summed E-state index contributed by atoms with van der Waals surface area (Å²) in [6.07, 6.45) is 5.99. The Balaban J connectivity index is 1.55. The summed E-state index contributed by atoms with van der Waals surface area (Å²) >= 11 is 0. The zero-order chi connectivity index (χ0) is 19.8. The Labute approximate surface area is 169 Å². The van der Waals surface area contributed by atoms with Gasteiger partial charge in [-0.1, -0.05) is 54.6 Å². The summed E-state index contributed by atoms with van der Waals surface area (Å²) in [5, 5.41) is 6.99. The standard InChI is InChI=1S/C25H21N3O/c1-17(2)29-21-12-10-18(11-13-21)20-14-26-25-24(15-27-28(25)16-20)23-9-5-7-19-6-3-4-8-22(19)23/h3-17H,1-2H3. The number of rotatable bonds is 4. The summed E-state index contributed by atoms with van der Waals surface area (Å²) in [5.74, 6) is 0.870. The summed E-state index contributed by atoms with van der Waals surface area (Å²) in [6, 6.07) is 22.8. The molecule has 29 heavy (non-hydrogen) atoms. The molecule has 5 aromatic rings. The van der Waals surface area contributed by atoms with Crippen LogP contribution in [0.4, 0.5) is 0 Å². The molecular formula is C25H21N3O. The van der Waals surface area contributed by atoms with E-state index in [1.807, 2.05) is 49.1 Å².